The summed E-state index contributed by atoms with van der Waals surface area (Å²) in [7, 11) is 0. The maximum Gasteiger partial charge on any atom is 0.137 e. The fourth-order valence-electron chi connectivity index (χ4n) is 2.57. The minimum atomic E-state index is 0.333. The molecule has 0 spiro atoms. The van der Waals surface area contributed by atoms with Crippen LogP contribution in [0.4, 0.5) is 0 Å². The van der Waals surface area contributed by atoms with Crippen molar-refractivity contribution in [1.29, 1.82) is 0 Å². The molecule has 1 unspecified atom stereocenters. The highest BCUT2D eigenvalue weighted by molar-refractivity contribution is 5.81. The van der Waals surface area contributed by atoms with Crippen molar-refractivity contribution in [3.05, 3.63) is 0 Å². The number of nitrogens with one attached hydrogen (secondary N) is 1. The summed E-state index contributed by atoms with van der Waals surface area (Å²) in [5.41, 5.74) is 0. The maximum absolute atomic E-state index is 11.8. The lowest BCUT2D eigenvalue weighted by atomic mass is 9.98. The number of hydrogen-bond donors (Lipinski definition) is 1. The van der Waals surface area contributed by atoms with E-state index < -0.39 is 0 Å². The molecule has 1 fully saturated rings. The summed E-state index contributed by atoms with van der Waals surface area (Å²) in [4.78, 5) is 11.8. The zero-order valence-corrected chi connectivity index (χ0v) is 11.5. The number of Topliss-reactive ketones (excluding diaryl/α,β-unsaturated/α-hetero) is 1. The molecule has 1 atom stereocenters. The van der Waals surface area contributed by atoms with Crippen molar-refractivity contribution in [3.63, 3.8) is 0 Å². The van der Waals surface area contributed by atoms with Crippen LogP contribution in [0.1, 0.15) is 71.1 Å². The van der Waals surface area contributed by atoms with E-state index in [0.29, 0.717) is 11.7 Å². The molecule has 1 saturated heterocycles. The average Bonchev–Trinajstić information content (AvgIpc) is 2.86. The lowest BCUT2D eigenvalue weighted by molar-refractivity contribution is -0.122. The summed E-state index contributed by atoms with van der Waals surface area (Å²) in [6.45, 7) is 4.22. The molecule has 0 radical (unpaired) electrons. The Bertz CT molecular complexity index is 197. The second-order valence-electron chi connectivity index (χ2n) is 5.38. The molecule has 1 aliphatic heterocycles. The molecular weight excluding hydrogens is 210 g/mol. The van der Waals surface area contributed by atoms with E-state index in [1.807, 2.05) is 0 Å². The summed E-state index contributed by atoms with van der Waals surface area (Å²) >= 11 is 0. The fraction of sp³-hybridized carbons (Fsp3) is 0.933. The molecule has 1 rings (SSSR count). The summed E-state index contributed by atoms with van der Waals surface area (Å²) in [5, 5.41) is 3.26. The largest absolute Gasteiger partial charge is 0.316 e. The van der Waals surface area contributed by atoms with Gasteiger partial charge in [0, 0.05) is 18.9 Å². The Balaban J connectivity index is 1.85. The quantitative estimate of drug-likeness (QED) is 0.589. The van der Waals surface area contributed by atoms with Gasteiger partial charge in [-0.05, 0) is 19.4 Å². The monoisotopic (exact) mass is 239 g/mol. The van der Waals surface area contributed by atoms with E-state index in [-0.39, 0.29) is 0 Å². The Morgan fingerprint density at radius 1 is 1.06 bits per heavy atom. The molecule has 1 heterocycles. The number of carbonyl (C=O) groups excluding carboxylic acids is 1. The molecule has 0 aromatic heterocycles. The fourth-order valence-corrected chi connectivity index (χ4v) is 2.57. The molecule has 2 heteroatoms. The molecule has 100 valence electrons. The Labute approximate surface area is 107 Å². The lowest BCUT2D eigenvalue weighted by Gasteiger charge is -2.06. The lowest BCUT2D eigenvalue weighted by Crippen LogP contribution is -2.17. The van der Waals surface area contributed by atoms with Crippen molar-refractivity contribution in [3.8, 4) is 0 Å². The minimum absolute atomic E-state index is 0.333. The van der Waals surface area contributed by atoms with Gasteiger partial charge in [0.1, 0.15) is 5.78 Å². The number of ketones is 1. The molecular formula is C15H29NO. The van der Waals surface area contributed by atoms with E-state index in [1.54, 1.807) is 0 Å². The summed E-state index contributed by atoms with van der Waals surface area (Å²) in [6, 6.07) is 0. The van der Waals surface area contributed by atoms with Crippen LogP contribution in [0.2, 0.25) is 0 Å². The van der Waals surface area contributed by atoms with Gasteiger partial charge in [0.15, 0.2) is 0 Å². The number of rotatable bonds is 10. The predicted molar refractivity (Wildman–Crippen MR) is 73.2 cm³/mol. The number of unbranched alkanes of at least 4 members (excludes halogenated alkanes) is 7. The summed E-state index contributed by atoms with van der Waals surface area (Å²) < 4.78 is 0. The topological polar surface area (TPSA) is 29.1 Å². The van der Waals surface area contributed by atoms with Crippen LogP contribution in [0.3, 0.4) is 0 Å². The van der Waals surface area contributed by atoms with Gasteiger partial charge in [0.2, 0.25) is 0 Å². The third-order valence-corrected chi connectivity index (χ3v) is 3.79. The standard InChI is InChI=1S/C15H29NO/c1-2-3-4-5-6-7-8-9-10-15(17)14-11-12-16-13-14/h14,16H,2-13H2,1H3. The molecule has 1 N–H and O–H groups in total. The normalized spacial score (nSPS) is 19.7. The van der Waals surface area contributed by atoms with Gasteiger partial charge >= 0.3 is 0 Å². The molecule has 0 aliphatic carbocycles. The highest BCUT2D eigenvalue weighted by Crippen LogP contribution is 2.14. The van der Waals surface area contributed by atoms with E-state index in [1.165, 1.54) is 44.9 Å². The third-order valence-electron chi connectivity index (χ3n) is 3.79. The van der Waals surface area contributed by atoms with Crippen molar-refractivity contribution < 1.29 is 4.79 Å². The smallest absolute Gasteiger partial charge is 0.137 e. The van der Waals surface area contributed by atoms with E-state index in [4.69, 9.17) is 0 Å². The van der Waals surface area contributed by atoms with Gasteiger partial charge in [-0.15, -0.1) is 0 Å². The molecule has 0 aromatic carbocycles. The molecule has 0 amide bonds. The first kappa shape index (κ1) is 14.7. The first-order valence-corrected chi connectivity index (χ1v) is 7.58. The van der Waals surface area contributed by atoms with Crippen LogP contribution in [-0.2, 0) is 4.79 Å². The van der Waals surface area contributed by atoms with Crippen molar-refractivity contribution in [1.82, 2.24) is 5.32 Å². The zero-order valence-electron chi connectivity index (χ0n) is 11.5. The third kappa shape index (κ3) is 6.82. The van der Waals surface area contributed by atoms with Gasteiger partial charge in [-0.1, -0.05) is 51.9 Å². The molecule has 0 saturated carbocycles. The molecule has 1 aliphatic rings. The first-order valence-electron chi connectivity index (χ1n) is 7.58. The molecule has 2 nitrogen and oxygen atoms in total. The Morgan fingerprint density at radius 3 is 2.29 bits per heavy atom. The molecule has 0 bridgehead atoms. The number of carbonyl (C=O) groups is 1. The Hall–Kier alpha value is -0.370. The van der Waals surface area contributed by atoms with Gasteiger partial charge in [-0.3, -0.25) is 4.79 Å². The Kier molecular flexibility index (Phi) is 8.33. The highest BCUT2D eigenvalue weighted by Gasteiger charge is 2.21. The summed E-state index contributed by atoms with van der Waals surface area (Å²) in [6.07, 6.45) is 12.4. The van der Waals surface area contributed by atoms with Crippen LogP contribution in [0, 0.1) is 5.92 Å². The van der Waals surface area contributed by atoms with Gasteiger partial charge < -0.3 is 5.32 Å². The van der Waals surface area contributed by atoms with E-state index in [0.717, 1.165) is 32.4 Å². The van der Waals surface area contributed by atoms with E-state index >= 15 is 0 Å². The SMILES string of the molecule is CCCCCCCCCCC(=O)C1CCNC1. The minimum Gasteiger partial charge on any atom is -0.316 e. The zero-order chi connectivity index (χ0) is 12.3. The number of hydrogen-bond acceptors (Lipinski definition) is 2. The van der Waals surface area contributed by atoms with Crippen LogP contribution in [0.15, 0.2) is 0 Å². The van der Waals surface area contributed by atoms with E-state index in [2.05, 4.69) is 12.2 Å². The van der Waals surface area contributed by atoms with Gasteiger partial charge in [0.05, 0.1) is 0 Å². The van der Waals surface area contributed by atoms with Gasteiger partial charge in [0.25, 0.3) is 0 Å². The van der Waals surface area contributed by atoms with Crippen molar-refractivity contribution in [2.45, 2.75) is 71.1 Å². The summed E-state index contributed by atoms with van der Waals surface area (Å²) in [5.74, 6) is 0.834. The predicted octanol–water partition coefficient (Wildman–Crippen LogP) is 3.70. The molecule has 17 heavy (non-hydrogen) atoms. The second kappa shape index (κ2) is 9.64. The van der Waals surface area contributed by atoms with Gasteiger partial charge in [-0.2, -0.15) is 0 Å². The highest BCUT2D eigenvalue weighted by atomic mass is 16.1. The van der Waals surface area contributed by atoms with Crippen LogP contribution in [0.5, 0.6) is 0 Å². The van der Waals surface area contributed by atoms with Crippen molar-refractivity contribution in [2.24, 2.45) is 5.92 Å². The maximum atomic E-state index is 11.8. The van der Waals surface area contributed by atoms with Crippen LogP contribution in [-0.4, -0.2) is 18.9 Å². The average molecular weight is 239 g/mol. The second-order valence-corrected chi connectivity index (χ2v) is 5.38. The first-order chi connectivity index (χ1) is 8.34. The molecule has 0 aromatic rings. The van der Waals surface area contributed by atoms with Crippen LogP contribution >= 0.6 is 0 Å². The Morgan fingerprint density at radius 2 is 1.71 bits per heavy atom. The van der Waals surface area contributed by atoms with Crippen LogP contribution in [0.25, 0.3) is 0 Å². The van der Waals surface area contributed by atoms with Crippen molar-refractivity contribution >= 4 is 5.78 Å². The van der Waals surface area contributed by atoms with Gasteiger partial charge in [-0.25, -0.2) is 0 Å². The van der Waals surface area contributed by atoms with E-state index in [9.17, 15) is 4.79 Å². The van der Waals surface area contributed by atoms with Crippen molar-refractivity contribution in [2.75, 3.05) is 13.1 Å². The van der Waals surface area contributed by atoms with Crippen LogP contribution < -0.4 is 5.32 Å².